The van der Waals surface area contributed by atoms with Crippen LogP contribution in [0, 0.1) is 12.7 Å². The maximum Gasteiger partial charge on any atom is 0.242 e. The van der Waals surface area contributed by atoms with Crippen LogP contribution >= 0.6 is 11.3 Å². The summed E-state index contributed by atoms with van der Waals surface area (Å²) in [7, 11) is -1.92. The van der Waals surface area contributed by atoms with Gasteiger partial charge in [0, 0.05) is 36.1 Å². The van der Waals surface area contributed by atoms with Crippen molar-refractivity contribution in [2.75, 3.05) is 0 Å². The van der Waals surface area contributed by atoms with Crippen molar-refractivity contribution in [3.05, 3.63) is 71.4 Å². The predicted octanol–water partition coefficient (Wildman–Crippen LogP) is 4.77. The van der Waals surface area contributed by atoms with E-state index in [1.165, 1.54) is 23.5 Å². The van der Waals surface area contributed by atoms with Crippen molar-refractivity contribution in [1.29, 1.82) is 0 Å². The number of furan rings is 1. The monoisotopic (exact) mass is 459 g/mol. The van der Waals surface area contributed by atoms with Crippen LogP contribution in [-0.2, 0) is 23.5 Å². The molecule has 0 spiro atoms. The van der Waals surface area contributed by atoms with Gasteiger partial charge in [-0.1, -0.05) is 0 Å². The molecule has 3 aromatic heterocycles. The molecular formula is C22H22FN3O3S2. The van der Waals surface area contributed by atoms with Crippen LogP contribution in [0.2, 0.25) is 0 Å². The summed E-state index contributed by atoms with van der Waals surface area (Å²) in [5, 5.41) is 2.57. The molecule has 0 saturated heterocycles. The topological polar surface area (TPSA) is 77.1 Å². The second kappa shape index (κ2) is 8.41. The van der Waals surface area contributed by atoms with Gasteiger partial charge in [-0.15, -0.1) is 11.3 Å². The van der Waals surface area contributed by atoms with E-state index >= 15 is 0 Å². The lowest BCUT2D eigenvalue weighted by Gasteiger charge is -2.13. The molecule has 0 bridgehead atoms. The molecule has 0 amide bonds. The number of hydrogen-bond acceptors (Lipinski definition) is 5. The molecule has 3 heterocycles. The second-order valence-corrected chi connectivity index (χ2v) is 9.93. The molecule has 162 valence electrons. The minimum atomic E-state index is -3.73. The minimum Gasteiger partial charge on any atom is -0.469 e. The van der Waals surface area contributed by atoms with E-state index in [2.05, 4.69) is 9.71 Å². The summed E-state index contributed by atoms with van der Waals surface area (Å²) in [5.41, 5.74) is 2.84. The van der Waals surface area contributed by atoms with E-state index in [0.29, 0.717) is 28.5 Å². The number of sulfonamides is 1. The summed E-state index contributed by atoms with van der Waals surface area (Å²) < 4.78 is 49.1. The van der Waals surface area contributed by atoms with Crippen molar-refractivity contribution >= 4 is 21.4 Å². The van der Waals surface area contributed by atoms with Gasteiger partial charge in [-0.25, -0.2) is 22.5 Å². The van der Waals surface area contributed by atoms with Crippen LogP contribution in [0.5, 0.6) is 0 Å². The fourth-order valence-electron chi connectivity index (χ4n) is 3.39. The molecule has 31 heavy (non-hydrogen) atoms. The van der Waals surface area contributed by atoms with Crippen molar-refractivity contribution < 1.29 is 17.2 Å². The highest BCUT2D eigenvalue weighted by atomic mass is 32.2. The molecule has 1 unspecified atom stereocenters. The van der Waals surface area contributed by atoms with E-state index in [-0.39, 0.29) is 16.8 Å². The molecule has 0 fully saturated rings. The van der Waals surface area contributed by atoms with E-state index in [1.807, 2.05) is 23.1 Å². The molecule has 1 atom stereocenters. The lowest BCUT2D eigenvalue weighted by Crippen LogP contribution is -2.34. The number of hydrogen-bond donors (Lipinski definition) is 1. The van der Waals surface area contributed by atoms with E-state index in [0.717, 1.165) is 11.3 Å². The van der Waals surface area contributed by atoms with Gasteiger partial charge in [-0.3, -0.25) is 0 Å². The van der Waals surface area contributed by atoms with E-state index < -0.39 is 10.0 Å². The Bertz CT molecular complexity index is 1290. The zero-order chi connectivity index (χ0) is 22.2. The van der Waals surface area contributed by atoms with Crippen molar-refractivity contribution in [1.82, 2.24) is 14.3 Å². The van der Waals surface area contributed by atoms with Crippen LogP contribution in [0.1, 0.15) is 18.4 Å². The molecular weight excluding hydrogens is 437 g/mol. The highest BCUT2D eigenvalue weighted by Crippen LogP contribution is 2.32. The number of aromatic nitrogens is 2. The molecule has 0 aliphatic rings. The Morgan fingerprint density at radius 2 is 2.00 bits per heavy atom. The Balaban J connectivity index is 1.60. The first-order chi connectivity index (χ1) is 14.7. The summed E-state index contributed by atoms with van der Waals surface area (Å²) in [6.45, 7) is 3.57. The van der Waals surface area contributed by atoms with E-state index in [4.69, 9.17) is 4.42 Å². The smallest absolute Gasteiger partial charge is 0.242 e. The SMILES string of the molecule is Cc1c(S(=O)(=O)NC(C)Cc2ccco2)cc(-c2nc(-c3ccc(F)cc3)cs2)n1C. The predicted molar refractivity (Wildman–Crippen MR) is 119 cm³/mol. The zero-order valence-corrected chi connectivity index (χ0v) is 18.9. The largest absolute Gasteiger partial charge is 0.469 e. The van der Waals surface area contributed by atoms with Crippen molar-refractivity contribution in [2.24, 2.45) is 7.05 Å². The molecule has 1 N–H and O–H groups in total. The zero-order valence-electron chi connectivity index (χ0n) is 17.3. The third-order valence-electron chi connectivity index (χ3n) is 5.09. The number of nitrogens with one attached hydrogen (secondary N) is 1. The quantitative estimate of drug-likeness (QED) is 0.432. The van der Waals surface area contributed by atoms with Crippen LogP contribution < -0.4 is 4.72 Å². The van der Waals surface area contributed by atoms with Gasteiger partial charge >= 0.3 is 0 Å². The summed E-state index contributed by atoms with van der Waals surface area (Å²) in [6, 6.07) is 11.0. The average Bonchev–Trinajstić information content (AvgIpc) is 3.44. The fraction of sp³-hybridized carbons (Fsp3) is 0.227. The van der Waals surface area contributed by atoms with Crippen LogP contribution in [0.4, 0.5) is 4.39 Å². The molecule has 0 saturated carbocycles. The van der Waals surface area contributed by atoms with Crippen LogP contribution in [0.15, 0.2) is 63.4 Å². The molecule has 1 aromatic carbocycles. The summed E-state index contributed by atoms with van der Waals surface area (Å²) in [6.07, 6.45) is 2.02. The Labute approximate surface area is 184 Å². The van der Waals surface area contributed by atoms with Gasteiger partial charge in [0.25, 0.3) is 0 Å². The van der Waals surface area contributed by atoms with E-state index in [9.17, 15) is 12.8 Å². The van der Waals surface area contributed by atoms with Gasteiger partial charge in [0.1, 0.15) is 21.5 Å². The summed E-state index contributed by atoms with van der Waals surface area (Å²) in [4.78, 5) is 4.85. The van der Waals surface area contributed by atoms with Crippen LogP contribution in [0.3, 0.4) is 0 Å². The number of thiazole rings is 1. The van der Waals surface area contributed by atoms with E-state index in [1.54, 1.807) is 44.4 Å². The molecule has 9 heteroatoms. The molecule has 0 aliphatic heterocycles. The molecule has 6 nitrogen and oxygen atoms in total. The Morgan fingerprint density at radius 3 is 2.68 bits per heavy atom. The first-order valence-electron chi connectivity index (χ1n) is 9.67. The minimum absolute atomic E-state index is 0.217. The van der Waals surface area contributed by atoms with Gasteiger partial charge in [-0.2, -0.15) is 0 Å². The first-order valence-corrected chi connectivity index (χ1v) is 12.0. The number of rotatable bonds is 7. The Morgan fingerprint density at radius 1 is 1.26 bits per heavy atom. The fourth-order valence-corrected chi connectivity index (χ4v) is 5.81. The standard InChI is InChI=1S/C22H22FN3O3S2/c1-14(11-18-5-4-10-29-18)25-31(27,28)21-12-20(26(3)15(21)2)22-24-19(13-30-22)16-6-8-17(23)9-7-16/h4-10,12-14,25H,11H2,1-3H3. The summed E-state index contributed by atoms with van der Waals surface area (Å²) in [5.74, 6) is 0.415. The van der Waals surface area contributed by atoms with Gasteiger partial charge in [0.2, 0.25) is 10.0 Å². The molecule has 0 aliphatic carbocycles. The highest BCUT2D eigenvalue weighted by Gasteiger charge is 2.25. The highest BCUT2D eigenvalue weighted by molar-refractivity contribution is 7.89. The lowest BCUT2D eigenvalue weighted by atomic mass is 10.2. The molecule has 4 rings (SSSR count). The second-order valence-electron chi connectivity index (χ2n) is 7.39. The van der Waals surface area contributed by atoms with Crippen molar-refractivity contribution in [3.8, 4) is 22.0 Å². The number of halogens is 1. The van der Waals surface area contributed by atoms with Gasteiger partial charge in [0.05, 0.1) is 17.7 Å². The normalized spacial score (nSPS) is 12.9. The Kier molecular flexibility index (Phi) is 5.83. The average molecular weight is 460 g/mol. The first kappa shape index (κ1) is 21.5. The van der Waals surface area contributed by atoms with Crippen LogP contribution in [0.25, 0.3) is 22.0 Å². The third-order valence-corrected chi connectivity index (χ3v) is 7.66. The molecule has 0 radical (unpaired) electrons. The van der Waals surface area contributed by atoms with Gasteiger partial charge in [0.15, 0.2) is 0 Å². The number of benzene rings is 1. The van der Waals surface area contributed by atoms with Crippen LogP contribution in [-0.4, -0.2) is 24.0 Å². The Hall–Kier alpha value is -2.75. The third kappa shape index (κ3) is 4.48. The molecule has 4 aromatic rings. The maximum atomic E-state index is 13.2. The van der Waals surface area contributed by atoms with Gasteiger partial charge in [-0.05, 0) is 56.3 Å². The van der Waals surface area contributed by atoms with Gasteiger partial charge < -0.3 is 8.98 Å². The summed E-state index contributed by atoms with van der Waals surface area (Å²) >= 11 is 1.41. The maximum absolute atomic E-state index is 13.2. The van der Waals surface area contributed by atoms with Crippen molar-refractivity contribution in [3.63, 3.8) is 0 Å². The number of nitrogens with zero attached hydrogens (tertiary/aromatic N) is 2. The van der Waals surface area contributed by atoms with Crippen molar-refractivity contribution in [2.45, 2.75) is 31.2 Å². The lowest BCUT2D eigenvalue weighted by molar-refractivity contribution is 0.479.